The van der Waals surface area contributed by atoms with Crippen LogP contribution in [0.4, 0.5) is 0 Å². The highest BCUT2D eigenvalue weighted by atomic mass is 16.5. The Kier molecular flexibility index (Phi) is 6.67. The van der Waals surface area contributed by atoms with E-state index in [0.717, 1.165) is 51.4 Å². The fourth-order valence-electron chi connectivity index (χ4n) is 2.96. The van der Waals surface area contributed by atoms with Gasteiger partial charge in [-0.2, -0.15) is 5.10 Å². The van der Waals surface area contributed by atoms with Gasteiger partial charge in [0.15, 0.2) is 0 Å². The lowest BCUT2D eigenvalue weighted by molar-refractivity contribution is 0.0992. The molecule has 1 fully saturated rings. The molecule has 1 unspecified atom stereocenters. The molecule has 0 aliphatic carbocycles. The molecule has 1 aliphatic heterocycles. The number of rotatable bonds is 9. The van der Waals surface area contributed by atoms with E-state index in [1.165, 1.54) is 24.1 Å². The minimum absolute atomic E-state index is 0.438. The Morgan fingerprint density at radius 3 is 2.95 bits per heavy atom. The van der Waals surface area contributed by atoms with Crippen molar-refractivity contribution in [3.8, 4) is 0 Å². The summed E-state index contributed by atoms with van der Waals surface area (Å²) in [6.45, 7) is 8.83. The van der Waals surface area contributed by atoms with Crippen molar-refractivity contribution in [3.05, 3.63) is 17.0 Å². The number of hydrogen-bond acceptors (Lipinski definition) is 4. The number of ether oxygens (including phenoxy) is 2. The zero-order valence-electron chi connectivity index (χ0n) is 13.7. The highest BCUT2D eigenvalue weighted by Crippen LogP contribution is 2.18. The maximum Gasteiger partial charge on any atom is 0.0628 e. The molecule has 5 heteroatoms. The Balaban J connectivity index is 1.81. The van der Waals surface area contributed by atoms with Crippen LogP contribution in [0.3, 0.4) is 0 Å². The molecule has 0 amide bonds. The largest absolute Gasteiger partial charge is 0.383 e. The van der Waals surface area contributed by atoms with Crippen LogP contribution in [0.5, 0.6) is 0 Å². The topological polar surface area (TPSA) is 48.3 Å². The van der Waals surface area contributed by atoms with E-state index in [1.54, 1.807) is 7.11 Å². The van der Waals surface area contributed by atoms with Crippen LogP contribution < -0.4 is 5.32 Å². The summed E-state index contributed by atoms with van der Waals surface area (Å²) in [4.78, 5) is 0. The van der Waals surface area contributed by atoms with E-state index in [0.29, 0.717) is 6.10 Å². The van der Waals surface area contributed by atoms with Gasteiger partial charge in [-0.3, -0.25) is 4.68 Å². The Morgan fingerprint density at radius 2 is 2.24 bits per heavy atom. The van der Waals surface area contributed by atoms with Gasteiger partial charge >= 0.3 is 0 Å². The summed E-state index contributed by atoms with van der Waals surface area (Å²) in [7, 11) is 1.73. The molecule has 120 valence electrons. The number of aryl methyl sites for hydroxylation is 2. The zero-order chi connectivity index (χ0) is 15.1. The van der Waals surface area contributed by atoms with Crippen LogP contribution in [0.1, 0.15) is 36.2 Å². The van der Waals surface area contributed by atoms with E-state index in [4.69, 9.17) is 14.6 Å². The fourth-order valence-corrected chi connectivity index (χ4v) is 2.96. The standard InChI is InChI=1S/C16H29N3O2/c1-13-16(6-8-17-9-12-20-3)14(2)19(18-13)10-7-15-5-4-11-21-15/h15,17H,4-12H2,1-3H3. The van der Waals surface area contributed by atoms with Crippen LogP contribution in [0.25, 0.3) is 0 Å². The van der Waals surface area contributed by atoms with Gasteiger partial charge in [0.1, 0.15) is 0 Å². The van der Waals surface area contributed by atoms with Crippen LogP contribution in [0, 0.1) is 13.8 Å². The number of aromatic nitrogens is 2. The fraction of sp³-hybridized carbons (Fsp3) is 0.812. The van der Waals surface area contributed by atoms with Crippen molar-refractivity contribution in [2.75, 3.05) is 33.4 Å². The normalized spacial score (nSPS) is 18.5. The van der Waals surface area contributed by atoms with E-state index in [1.807, 2.05) is 0 Å². The molecule has 0 bridgehead atoms. The van der Waals surface area contributed by atoms with Crippen molar-refractivity contribution >= 4 is 0 Å². The third-order valence-corrected chi connectivity index (χ3v) is 4.25. The Hall–Kier alpha value is -0.910. The molecule has 1 N–H and O–H groups in total. The van der Waals surface area contributed by atoms with Crippen LogP contribution in [-0.2, 0) is 22.4 Å². The molecule has 1 saturated heterocycles. The van der Waals surface area contributed by atoms with E-state index in [2.05, 4.69) is 23.8 Å². The molecule has 0 spiro atoms. The maximum absolute atomic E-state index is 5.69. The molecule has 2 heterocycles. The van der Waals surface area contributed by atoms with Crippen molar-refractivity contribution in [2.24, 2.45) is 0 Å². The number of nitrogens with zero attached hydrogens (tertiary/aromatic N) is 2. The molecular formula is C16H29N3O2. The van der Waals surface area contributed by atoms with E-state index in [9.17, 15) is 0 Å². The first kappa shape index (κ1) is 16.5. The number of hydrogen-bond donors (Lipinski definition) is 1. The summed E-state index contributed by atoms with van der Waals surface area (Å²) in [6.07, 6.45) is 4.96. The molecule has 0 saturated carbocycles. The van der Waals surface area contributed by atoms with Crippen molar-refractivity contribution in [1.29, 1.82) is 0 Å². The molecule has 2 rings (SSSR count). The zero-order valence-corrected chi connectivity index (χ0v) is 13.7. The first-order valence-corrected chi connectivity index (χ1v) is 8.06. The third-order valence-electron chi connectivity index (χ3n) is 4.25. The lowest BCUT2D eigenvalue weighted by Gasteiger charge is -2.10. The summed E-state index contributed by atoms with van der Waals surface area (Å²) in [5.41, 5.74) is 3.85. The second-order valence-electron chi connectivity index (χ2n) is 5.79. The lowest BCUT2D eigenvalue weighted by Crippen LogP contribution is -2.22. The molecule has 1 aromatic rings. The molecule has 21 heavy (non-hydrogen) atoms. The van der Waals surface area contributed by atoms with Gasteiger partial charge in [-0.1, -0.05) is 0 Å². The third kappa shape index (κ3) is 4.80. The molecule has 0 aromatic carbocycles. The summed E-state index contributed by atoms with van der Waals surface area (Å²) < 4.78 is 12.9. The first-order chi connectivity index (χ1) is 10.2. The lowest BCUT2D eigenvalue weighted by atomic mass is 10.1. The van der Waals surface area contributed by atoms with Gasteiger partial charge in [0.05, 0.1) is 18.4 Å². The van der Waals surface area contributed by atoms with Crippen LogP contribution >= 0.6 is 0 Å². The second-order valence-corrected chi connectivity index (χ2v) is 5.79. The summed E-state index contributed by atoms with van der Waals surface area (Å²) in [5.74, 6) is 0. The number of nitrogens with one attached hydrogen (secondary N) is 1. The molecule has 0 radical (unpaired) electrons. The summed E-state index contributed by atoms with van der Waals surface area (Å²) >= 11 is 0. The quantitative estimate of drug-likeness (QED) is 0.706. The summed E-state index contributed by atoms with van der Waals surface area (Å²) in [5, 5.41) is 8.09. The van der Waals surface area contributed by atoms with E-state index < -0.39 is 0 Å². The molecule has 1 aliphatic rings. The van der Waals surface area contributed by atoms with Gasteiger partial charge in [-0.25, -0.2) is 0 Å². The van der Waals surface area contributed by atoms with Crippen molar-refractivity contribution in [3.63, 3.8) is 0 Å². The van der Waals surface area contributed by atoms with Crippen molar-refractivity contribution < 1.29 is 9.47 Å². The average molecular weight is 295 g/mol. The number of methoxy groups -OCH3 is 1. The van der Waals surface area contributed by atoms with Gasteiger partial charge in [0.25, 0.3) is 0 Å². The second kappa shape index (κ2) is 8.51. The van der Waals surface area contributed by atoms with E-state index in [-0.39, 0.29) is 0 Å². The smallest absolute Gasteiger partial charge is 0.0628 e. The highest BCUT2D eigenvalue weighted by molar-refractivity contribution is 5.24. The SMILES string of the molecule is COCCNCCc1c(C)nn(CCC2CCCO2)c1C. The molecule has 1 atom stereocenters. The van der Waals surface area contributed by atoms with Crippen LogP contribution in [-0.4, -0.2) is 49.3 Å². The minimum Gasteiger partial charge on any atom is -0.383 e. The summed E-state index contributed by atoms with van der Waals surface area (Å²) in [6, 6.07) is 0. The van der Waals surface area contributed by atoms with Gasteiger partial charge in [-0.05, 0) is 51.6 Å². The van der Waals surface area contributed by atoms with Gasteiger partial charge in [-0.15, -0.1) is 0 Å². The van der Waals surface area contributed by atoms with Crippen LogP contribution in [0.2, 0.25) is 0 Å². The van der Waals surface area contributed by atoms with Crippen LogP contribution in [0.15, 0.2) is 0 Å². The van der Waals surface area contributed by atoms with E-state index >= 15 is 0 Å². The monoisotopic (exact) mass is 295 g/mol. The average Bonchev–Trinajstić information content (AvgIpc) is 3.07. The Bertz CT molecular complexity index is 425. The predicted molar refractivity (Wildman–Crippen MR) is 83.7 cm³/mol. The van der Waals surface area contributed by atoms with Gasteiger partial charge in [0.2, 0.25) is 0 Å². The Labute approximate surface area is 128 Å². The highest BCUT2D eigenvalue weighted by Gasteiger charge is 2.17. The van der Waals surface area contributed by atoms with Crippen molar-refractivity contribution in [2.45, 2.75) is 52.2 Å². The minimum atomic E-state index is 0.438. The van der Waals surface area contributed by atoms with Crippen molar-refractivity contribution in [1.82, 2.24) is 15.1 Å². The maximum atomic E-state index is 5.69. The first-order valence-electron chi connectivity index (χ1n) is 8.06. The molecule has 1 aromatic heterocycles. The van der Waals surface area contributed by atoms with Gasteiger partial charge < -0.3 is 14.8 Å². The predicted octanol–water partition coefficient (Wildman–Crippen LogP) is 1.85. The Morgan fingerprint density at radius 1 is 1.38 bits per heavy atom. The molecular weight excluding hydrogens is 266 g/mol. The molecule has 5 nitrogen and oxygen atoms in total. The van der Waals surface area contributed by atoms with Gasteiger partial charge in [0, 0.05) is 32.5 Å².